The minimum atomic E-state index is -4.10. The predicted molar refractivity (Wildman–Crippen MR) is 156 cm³/mol. The average molecular weight is 624 g/mol. The molecule has 2 N–H and O–H groups in total. The van der Waals surface area contributed by atoms with Crippen LogP contribution in [-0.2, 0) is 14.8 Å². The highest BCUT2D eigenvalue weighted by Crippen LogP contribution is 2.36. The molecule has 9 nitrogen and oxygen atoms in total. The van der Waals surface area contributed by atoms with Crippen LogP contribution in [0.2, 0.25) is 0 Å². The highest BCUT2D eigenvalue weighted by Gasteiger charge is 2.27. The zero-order valence-electron chi connectivity index (χ0n) is 21.8. The van der Waals surface area contributed by atoms with E-state index < -0.39 is 22.0 Å². The van der Waals surface area contributed by atoms with Crippen LogP contribution in [0.1, 0.15) is 41.2 Å². The van der Waals surface area contributed by atoms with E-state index in [2.05, 4.69) is 26.3 Å². The molecule has 0 fully saturated rings. The van der Waals surface area contributed by atoms with Gasteiger partial charge in [0, 0.05) is 12.1 Å². The molecule has 0 atom stereocenters. The first-order chi connectivity index (χ1) is 19.2. The summed E-state index contributed by atoms with van der Waals surface area (Å²) in [6.45, 7) is 3.84. The second kappa shape index (κ2) is 12.8. The number of nitrogens with zero attached hydrogens (tertiary/aromatic N) is 2. The molecule has 206 valence electrons. The molecule has 3 aromatic carbocycles. The maximum absolute atomic E-state index is 12.8. The molecular formula is C29H27BrN4O5S. The third kappa shape index (κ3) is 6.49. The summed E-state index contributed by atoms with van der Waals surface area (Å²) in [6, 6.07) is 24.4. The van der Waals surface area contributed by atoms with E-state index in [4.69, 9.17) is 4.74 Å². The van der Waals surface area contributed by atoms with Crippen molar-refractivity contribution in [2.75, 3.05) is 13.2 Å². The monoisotopic (exact) mass is 622 g/mol. The lowest BCUT2D eigenvalue weighted by molar-refractivity contribution is 0.0518. The Morgan fingerprint density at radius 2 is 1.57 bits per heavy atom. The van der Waals surface area contributed by atoms with E-state index in [-0.39, 0.29) is 23.7 Å². The number of carbonyl (C=O) groups excluding carboxylic acids is 2. The molecule has 1 heterocycles. The lowest BCUT2D eigenvalue weighted by Gasteiger charge is -2.14. The van der Waals surface area contributed by atoms with Crippen molar-refractivity contribution >= 4 is 49.6 Å². The fourth-order valence-electron chi connectivity index (χ4n) is 3.91. The van der Waals surface area contributed by atoms with Crippen molar-refractivity contribution in [1.82, 2.24) is 19.8 Å². The third-order valence-corrected chi connectivity index (χ3v) is 7.80. The number of amides is 2. The van der Waals surface area contributed by atoms with Crippen LogP contribution < -0.4 is 10.0 Å². The van der Waals surface area contributed by atoms with Gasteiger partial charge in [-0.2, -0.15) is 5.10 Å². The minimum absolute atomic E-state index is 0.0707. The van der Waals surface area contributed by atoms with E-state index in [0.717, 1.165) is 16.7 Å². The lowest BCUT2D eigenvalue weighted by atomic mass is 9.99. The van der Waals surface area contributed by atoms with Crippen LogP contribution in [-0.4, -0.2) is 43.4 Å². The molecule has 0 unspecified atom stereocenters. The number of sulfonamides is 1. The molecule has 4 aromatic rings. The summed E-state index contributed by atoms with van der Waals surface area (Å²) in [4.78, 5) is 24.6. The summed E-state index contributed by atoms with van der Waals surface area (Å²) in [6.07, 6.45) is 1.98. The molecular weight excluding hydrogens is 596 g/mol. The summed E-state index contributed by atoms with van der Waals surface area (Å²) in [5.41, 5.74) is 3.68. The lowest BCUT2D eigenvalue weighted by Crippen LogP contribution is -2.39. The minimum Gasteiger partial charge on any atom is -0.461 e. The molecule has 0 saturated heterocycles. The zero-order valence-corrected chi connectivity index (χ0v) is 24.2. The Bertz CT molecular complexity index is 1640. The Morgan fingerprint density at radius 1 is 0.950 bits per heavy atom. The SMILES string of the molecule is CCNC(=O)NS(=O)(=O)c1ccc(-n2nc(C(=O)OCC)c(Br)c2/C(=C/c2ccccc2)c2ccccc2)cc1. The van der Waals surface area contributed by atoms with Crippen LogP contribution in [0.3, 0.4) is 0 Å². The smallest absolute Gasteiger partial charge is 0.360 e. The summed E-state index contributed by atoms with van der Waals surface area (Å²) < 4.78 is 34.6. The van der Waals surface area contributed by atoms with E-state index >= 15 is 0 Å². The number of aromatic nitrogens is 2. The molecule has 0 spiro atoms. The van der Waals surface area contributed by atoms with Crippen molar-refractivity contribution in [2.24, 2.45) is 0 Å². The third-order valence-electron chi connectivity index (χ3n) is 5.70. The van der Waals surface area contributed by atoms with Crippen molar-refractivity contribution in [3.63, 3.8) is 0 Å². The number of nitrogens with one attached hydrogen (secondary N) is 2. The van der Waals surface area contributed by atoms with Crippen molar-refractivity contribution in [3.8, 4) is 5.69 Å². The van der Waals surface area contributed by atoms with Gasteiger partial charge in [0.15, 0.2) is 5.69 Å². The molecule has 0 bridgehead atoms. The van der Waals surface area contributed by atoms with Crippen LogP contribution in [0.4, 0.5) is 4.79 Å². The summed E-state index contributed by atoms with van der Waals surface area (Å²) in [5, 5.41) is 6.97. The Labute approximate surface area is 241 Å². The summed E-state index contributed by atoms with van der Waals surface area (Å²) >= 11 is 3.59. The Morgan fingerprint density at radius 3 is 2.17 bits per heavy atom. The van der Waals surface area contributed by atoms with Gasteiger partial charge in [-0.25, -0.2) is 27.4 Å². The summed E-state index contributed by atoms with van der Waals surface area (Å²) in [5.74, 6) is -0.605. The van der Waals surface area contributed by atoms with E-state index in [1.807, 2.05) is 71.5 Å². The first-order valence-corrected chi connectivity index (χ1v) is 14.7. The van der Waals surface area contributed by atoms with Crippen molar-refractivity contribution in [3.05, 3.63) is 112 Å². The summed E-state index contributed by atoms with van der Waals surface area (Å²) in [7, 11) is -4.10. The number of urea groups is 1. The molecule has 0 aliphatic carbocycles. The Hall–Kier alpha value is -4.22. The number of esters is 1. The topological polar surface area (TPSA) is 119 Å². The number of rotatable bonds is 9. The number of ether oxygens (including phenoxy) is 1. The van der Waals surface area contributed by atoms with E-state index in [1.165, 1.54) is 12.1 Å². The van der Waals surface area contributed by atoms with Crippen molar-refractivity contribution < 1.29 is 22.7 Å². The predicted octanol–water partition coefficient (Wildman–Crippen LogP) is 5.41. The Balaban J connectivity index is 1.89. The van der Waals surface area contributed by atoms with E-state index in [9.17, 15) is 18.0 Å². The molecule has 2 amide bonds. The van der Waals surface area contributed by atoms with Gasteiger partial charge in [0.25, 0.3) is 10.0 Å². The molecule has 0 aliphatic rings. The molecule has 1 aromatic heterocycles. The van der Waals surface area contributed by atoms with Crippen LogP contribution in [0.25, 0.3) is 17.3 Å². The molecule has 0 aliphatic heterocycles. The first kappa shape index (κ1) is 28.8. The van der Waals surface area contributed by atoms with Crippen LogP contribution in [0.15, 0.2) is 94.3 Å². The van der Waals surface area contributed by atoms with Gasteiger partial charge in [0.05, 0.1) is 27.4 Å². The van der Waals surface area contributed by atoms with Gasteiger partial charge in [0.2, 0.25) is 0 Å². The fraction of sp³-hybridized carbons (Fsp3) is 0.138. The van der Waals surface area contributed by atoms with Crippen LogP contribution >= 0.6 is 15.9 Å². The standard InChI is InChI=1S/C29H27BrN4O5S/c1-3-31-29(36)33-40(37,38)23-17-15-22(16-18-23)34-27(25(30)26(32-34)28(35)39-4-2)24(21-13-9-6-10-14-21)19-20-11-7-5-8-12-20/h5-19H,3-4H2,1-2H3,(H2,31,33,36)/b24-19+. The van der Waals surface area contributed by atoms with Gasteiger partial charge in [-0.1, -0.05) is 60.7 Å². The molecule has 11 heteroatoms. The molecule has 0 saturated carbocycles. The number of hydrogen-bond acceptors (Lipinski definition) is 6. The highest BCUT2D eigenvalue weighted by molar-refractivity contribution is 9.10. The van der Waals surface area contributed by atoms with Gasteiger partial charge in [-0.05, 0) is 71.2 Å². The van der Waals surface area contributed by atoms with E-state index in [0.29, 0.717) is 15.9 Å². The van der Waals surface area contributed by atoms with Gasteiger partial charge in [-0.3, -0.25) is 0 Å². The van der Waals surface area contributed by atoms with Crippen LogP contribution in [0, 0.1) is 0 Å². The first-order valence-electron chi connectivity index (χ1n) is 12.4. The van der Waals surface area contributed by atoms with Gasteiger partial charge >= 0.3 is 12.0 Å². The zero-order chi connectivity index (χ0) is 28.7. The van der Waals surface area contributed by atoms with Gasteiger partial charge in [0.1, 0.15) is 0 Å². The second-order valence-electron chi connectivity index (χ2n) is 8.44. The number of benzene rings is 3. The quantitative estimate of drug-likeness (QED) is 0.190. The fourth-order valence-corrected chi connectivity index (χ4v) is 5.47. The van der Waals surface area contributed by atoms with Gasteiger partial charge < -0.3 is 10.1 Å². The van der Waals surface area contributed by atoms with Crippen molar-refractivity contribution in [1.29, 1.82) is 0 Å². The van der Waals surface area contributed by atoms with Crippen molar-refractivity contribution in [2.45, 2.75) is 18.7 Å². The Kier molecular flexibility index (Phi) is 9.18. The molecule has 40 heavy (non-hydrogen) atoms. The highest BCUT2D eigenvalue weighted by atomic mass is 79.9. The molecule has 0 radical (unpaired) electrons. The normalized spacial score (nSPS) is 11.6. The van der Waals surface area contributed by atoms with E-state index in [1.54, 1.807) is 30.7 Å². The second-order valence-corrected chi connectivity index (χ2v) is 10.9. The molecule has 4 rings (SSSR count). The number of hydrogen-bond donors (Lipinski definition) is 2. The maximum atomic E-state index is 12.8. The number of carbonyl (C=O) groups is 2. The maximum Gasteiger partial charge on any atom is 0.360 e. The van der Waals surface area contributed by atoms with Crippen LogP contribution in [0.5, 0.6) is 0 Å². The van der Waals surface area contributed by atoms with Gasteiger partial charge in [-0.15, -0.1) is 0 Å². The number of halogens is 1. The largest absolute Gasteiger partial charge is 0.461 e. The average Bonchev–Trinajstić information content (AvgIpc) is 3.29.